The third kappa shape index (κ3) is 1.66. The maximum atomic E-state index is 13.1. The van der Waals surface area contributed by atoms with Crippen molar-refractivity contribution < 1.29 is 14.2 Å². The summed E-state index contributed by atoms with van der Waals surface area (Å²) in [6.45, 7) is 4.21. The molecule has 0 bridgehead atoms. The van der Waals surface area contributed by atoms with Crippen LogP contribution in [0.5, 0.6) is 0 Å². The van der Waals surface area contributed by atoms with Crippen molar-refractivity contribution >= 4 is 0 Å². The molecule has 15 heavy (non-hydrogen) atoms. The first-order valence-corrected chi connectivity index (χ1v) is 5.14. The lowest BCUT2D eigenvalue weighted by atomic mass is 9.85. The zero-order chi connectivity index (χ0) is 11.1. The van der Waals surface area contributed by atoms with Crippen LogP contribution in [-0.4, -0.2) is 17.8 Å². The Labute approximate surface area is 88.7 Å². The van der Waals surface area contributed by atoms with E-state index in [9.17, 15) is 9.50 Å². The minimum Gasteiger partial charge on any atom is -0.382 e. The van der Waals surface area contributed by atoms with Crippen molar-refractivity contribution in [3.63, 3.8) is 0 Å². The number of benzene rings is 1. The van der Waals surface area contributed by atoms with Gasteiger partial charge in [-0.05, 0) is 37.1 Å². The molecule has 0 spiro atoms. The minimum absolute atomic E-state index is 0.280. The standard InChI is InChI=1S/C12H15FO2/c1-8-3-4-10(13)7-11(8)12(14)5-6-15-9(12)2/h3-4,7,9,14H,5-6H2,1-2H3. The topological polar surface area (TPSA) is 29.5 Å². The van der Waals surface area contributed by atoms with Crippen LogP contribution in [0.3, 0.4) is 0 Å². The van der Waals surface area contributed by atoms with Gasteiger partial charge in [-0.15, -0.1) is 0 Å². The molecule has 1 aliphatic heterocycles. The average molecular weight is 210 g/mol. The highest BCUT2D eigenvalue weighted by Crippen LogP contribution is 2.37. The van der Waals surface area contributed by atoms with E-state index in [4.69, 9.17) is 4.74 Å². The zero-order valence-electron chi connectivity index (χ0n) is 8.96. The Kier molecular flexibility index (Phi) is 2.52. The van der Waals surface area contributed by atoms with Crippen molar-refractivity contribution in [3.05, 3.63) is 35.1 Å². The van der Waals surface area contributed by atoms with Crippen LogP contribution < -0.4 is 0 Å². The van der Waals surface area contributed by atoms with E-state index in [1.54, 1.807) is 6.07 Å². The van der Waals surface area contributed by atoms with Gasteiger partial charge in [0.25, 0.3) is 0 Å². The first-order chi connectivity index (χ1) is 7.04. The number of ether oxygens (including phenoxy) is 1. The highest BCUT2D eigenvalue weighted by atomic mass is 19.1. The molecule has 1 aliphatic rings. The Morgan fingerprint density at radius 2 is 2.27 bits per heavy atom. The van der Waals surface area contributed by atoms with Crippen LogP contribution in [0.1, 0.15) is 24.5 Å². The number of aryl methyl sites for hydroxylation is 1. The number of hydrogen-bond acceptors (Lipinski definition) is 2. The van der Waals surface area contributed by atoms with Gasteiger partial charge in [-0.3, -0.25) is 0 Å². The predicted molar refractivity (Wildman–Crippen MR) is 55.1 cm³/mol. The molecule has 0 aromatic heterocycles. The molecule has 1 heterocycles. The smallest absolute Gasteiger partial charge is 0.123 e. The fourth-order valence-corrected chi connectivity index (χ4v) is 2.15. The summed E-state index contributed by atoms with van der Waals surface area (Å²) in [6.07, 6.45) is 0.247. The van der Waals surface area contributed by atoms with Gasteiger partial charge in [0.05, 0.1) is 12.7 Å². The van der Waals surface area contributed by atoms with Crippen molar-refractivity contribution in [1.29, 1.82) is 0 Å². The number of rotatable bonds is 1. The second-order valence-electron chi connectivity index (χ2n) is 4.15. The summed E-state index contributed by atoms with van der Waals surface area (Å²) >= 11 is 0. The first-order valence-electron chi connectivity index (χ1n) is 5.14. The van der Waals surface area contributed by atoms with Crippen molar-refractivity contribution in [2.24, 2.45) is 0 Å². The Hall–Kier alpha value is -0.930. The molecule has 2 rings (SSSR count). The lowest BCUT2D eigenvalue weighted by Crippen LogP contribution is -2.34. The van der Waals surface area contributed by atoms with Crippen molar-refractivity contribution in [1.82, 2.24) is 0 Å². The summed E-state index contributed by atoms with van der Waals surface area (Å²) in [5.41, 5.74) is 0.510. The van der Waals surface area contributed by atoms with Crippen molar-refractivity contribution in [2.45, 2.75) is 32.0 Å². The normalized spacial score (nSPS) is 30.8. The van der Waals surface area contributed by atoms with Gasteiger partial charge in [0.15, 0.2) is 0 Å². The number of aliphatic hydroxyl groups is 1. The van der Waals surface area contributed by atoms with E-state index >= 15 is 0 Å². The fourth-order valence-electron chi connectivity index (χ4n) is 2.15. The Morgan fingerprint density at radius 1 is 1.53 bits per heavy atom. The van der Waals surface area contributed by atoms with E-state index in [1.165, 1.54) is 12.1 Å². The molecule has 1 fully saturated rings. The molecule has 0 radical (unpaired) electrons. The maximum Gasteiger partial charge on any atom is 0.123 e. The summed E-state index contributed by atoms with van der Waals surface area (Å²) in [5.74, 6) is -0.317. The molecule has 1 aromatic rings. The highest BCUT2D eigenvalue weighted by Gasteiger charge is 2.42. The predicted octanol–water partition coefficient (Wildman–Crippen LogP) is 2.13. The molecule has 0 amide bonds. The van der Waals surface area contributed by atoms with Gasteiger partial charge >= 0.3 is 0 Å². The molecule has 0 aliphatic carbocycles. The SMILES string of the molecule is Cc1ccc(F)cc1C1(O)CCOC1C. The monoisotopic (exact) mass is 210 g/mol. The maximum absolute atomic E-state index is 13.1. The molecule has 2 atom stereocenters. The van der Waals surface area contributed by atoms with Crippen molar-refractivity contribution in [3.8, 4) is 0 Å². The highest BCUT2D eigenvalue weighted by molar-refractivity contribution is 5.33. The molecule has 3 heteroatoms. The van der Waals surface area contributed by atoms with Crippen LogP contribution in [0.2, 0.25) is 0 Å². The average Bonchev–Trinajstić information content (AvgIpc) is 2.52. The summed E-state index contributed by atoms with van der Waals surface area (Å²) in [7, 11) is 0. The summed E-state index contributed by atoms with van der Waals surface area (Å²) in [4.78, 5) is 0. The van der Waals surface area contributed by atoms with Gasteiger partial charge in [-0.2, -0.15) is 0 Å². The minimum atomic E-state index is -1.04. The van der Waals surface area contributed by atoms with Crippen LogP contribution in [0.4, 0.5) is 4.39 Å². The van der Waals surface area contributed by atoms with E-state index in [0.717, 1.165) is 5.56 Å². The van der Waals surface area contributed by atoms with E-state index in [1.807, 2.05) is 13.8 Å². The quantitative estimate of drug-likeness (QED) is 0.769. The van der Waals surface area contributed by atoms with Crippen LogP contribution in [-0.2, 0) is 10.3 Å². The van der Waals surface area contributed by atoms with E-state index in [2.05, 4.69) is 0 Å². The van der Waals surface area contributed by atoms with E-state index in [-0.39, 0.29) is 11.9 Å². The second kappa shape index (κ2) is 3.58. The van der Waals surface area contributed by atoms with Crippen molar-refractivity contribution in [2.75, 3.05) is 6.61 Å². The molecule has 2 unspecified atom stereocenters. The second-order valence-corrected chi connectivity index (χ2v) is 4.15. The third-order valence-electron chi connectivity index (χ3n) is 3.19. The Morgan fingerprint density at radius 3 is 2.87 bits per heavy atom. The molecule has 1 N–H and O–H groups in total. The molecular weight excluding hydrogens is 195 g/mol. The first kappa shape index (κ1) is 10.6. The molecule has 0 saturated carbocycles. The van der Waals surface area contributed by atoms with Gasteiger partial charge < -0.3 is 9.84 Å². The fraction of sp³-hybridized carbons (Fsp3) is 0.500. The van der Waals surface area contributed by atoms with E-state index in [0.29, 0.717) is 18.6 Å². The van der Waals surface area contributed by atoms with Gasteiger partial charge in [0.1, 0.15) is 11.4 Å². The number of halogens is 1. The molecule has 82 valence electrons. The van der Waals surface area contributed by atoms with Crippen LogP contribution in [0, 0.1) is 12.7 Å². The molecular formula is C12H15FO2. The van der Waals surface area contributed by atoms with Gasteiger partial charge in [0, 0.05) is 6.42 Å². The van der Waals surface area contributed by atoms with Crippen LogP contribution in [0.25, 0.3) is 0 Å². The summed E-state index contributed by atoms with van der Waals surface area (Å²) in [6, 6.07) is 4.50. The van der Waals surface area contributed by atoms with Crippen LogP contribution in [0.15, 0.2) is 18.2 Å². The Bertz CT molecular complexity index is 378. The number of hydrogen-bond donors (Lipinski definition) is 1. The summed E-state index contributed by atoms with van der Waals surface area (Å²) < 4.78 is 18.5. The molecule has 1 aromatic carbocycles. The van der Waals surface area contributed by atoms with Crippen LogP contribution >= 0.6 is 0 Å². The third-order valence-corrected chi connectivity index (χ3v) is 3.19. The largest absolute Gasteiger partial charge is 0.382 e. The lowest BCUT2D eigenvalue weighted by Gasteiger charge is -2.28. The molecule has 1 saturated heterocycles. The van der Waals surface area contributed by atoms with Gasteiger partial charge in [0.2, 0.25) is 0 Å². The summed E-state index contributed by atoms with van der Waals surface area (Å²) in [5, 5.41) is 10.4. The molecule has 2 nitrogen and oxygen atoms in total. The van der Waals surface area contributed by atoms with Gasteiger partial charge in [-0.25, -0.2) is 4.39 Å². The van der Waals surface area contributed by atoms with E-state index < -0.39 is 5.60 Å². The zero-order valence-corrected chi connectivity index (χ0v) is 8.96. The Balaban J connectivity index is 2.48. The lowest BCUT2D eigenvalue weighted by molar-refractivity contribution is -0.0323. The van der Waals surface area contributed by atoms with Gasteiger partial charge in [-0.1, -0.05) is 6.07 Å².